The summed E-state index contributed by atoms with van der Waals surface area (Å²) in [5, 5.41) is 4.42. The molecule has 1 amide bonds. The lowest BCUT2D eigenvalue weighted by atomic mass is 10.2. The van der Waals surface area contributed by atoms with Crippen LogP contribution in [0.25, 0.3) is 0 Å². The number of thiazole rings is 1. The first kappa shape index (κ1) is 17.7. The number of amides is 1. The lowest BCUT2D eigenvalue weighted by Crippen LogP contribution is -2.13. The van der Waals surface area contributed by atoms with Crippen LogP contribution in [-0.4, -0.2) is 10.9 Å². The standard InChI is InChI=1S/C18H14Cl2N2O2S/c1-11-9-21-18(25-11)22-17(23)14-4-2-3-5-16(14)24-10-12-6-7-13(19)8-15(12)20/h2-9H,10H2,1H3,(H,21,22,23). The average molecular weight is 393 g/mol. The third-order valence-electron chi connectivity index (χ3n) is 3.37. The van der Waals surface area contributed by atoms with E-state index in [2.05, 4.69) is 10.3 Å². The Morgan fingerprint density at radius 1 is 1.24 bits per heavy atom. The third-order valence-corrected chi connectivity index (χ3v) is 4.79. The van der Waals surface area contributed by atoms with Gasteiger partial charge in [-0.2, -0.15) is 0 Å². The van der Waals surface area contributed by atoms with Gasteiger partial charge in [0.15, 0.2) is 5.13 Å². The maximum Gasteiger partial charge on any atom is 0.261 e. The molecule has 1 heterocycles. The maximum atomic E-state index is 12.5. The van der Waals surface area contributed by atoms with Crippen LogP contribution in [0.1, 0.15) is 20.8 Å². The van der Waals surface area contributed by atoms with Crippen LogP contribution in [0.15, 0.2) is 48.7 Å². The van der Waals surface area contributed by atoms with E-state index in [4.69, 9.17) is 27.9 Å². The Kier molecular flexibility index (Phi) is 5.58. The van der Waals surface area contributed by atoms with Gasteiger partial charge in [0.1, 0.15) is 12.4 Å². The molecule has 0 aliphatic heterocycles. The Morgan fingerprint density at radius 2 is 2.04 bits per heavy atom. The van der Waals surface area contributed by atoms with Crippen LogP contribution in [0.5, 0.6) is 5.75 Å². The van der Waals surface area contributed by atoms with Gasteiger partial charge in [-0.05, 0) is 31.2 Å². The molecule has 3 rings (SSSR count). The summed E-state index contributed by atoms with van der Waals surface area (Å²) >= 11 is 13.5. The van der Waals surface area contributed by atoms with Crippen LogP contribution in [0.3, 0.4) is 0 Å². The number of nitrogens with zero attached hydrogens (tertiary/aromatic N) is 1. The molecule has 0 spiro atoms. The second-order valence-electron chi connectivity index (χ2n) is 5.25. The van der Waals surface area contributed by atoms with Gasteiger partial charge >= 0.3 is 0 Å². The molecule has 1 N–H and O–H groups in total. The number of aromatic nitrogens is 1. The lowest BCUT2D eigenvalue weighted by Gasteiger charge is -2.12. The van der Waals surface area contributed by atoms with Gasteiger partial charge in [-0.3, -0.25) is 10.1 Å². The van der Waals surface area contributed by atoms with Crippen LogP contribution < -0.4 is 10.1 Å². The van der Waals surface area contributed by atoms with E-state index >= 15 is 0 Å². The number of aryl methyl sites for hydroxylation is 1. The van der Waals surface area contributed by atoms with Crippen LogP contribution in [-0.2, 0) is 6.61 Å². The summed E-state index contributed by atoms with van der Waals surface area (Å²) in [6, 6.07) is 12.2. The minimum absolute atomic E-state index is 0.233. The van der Waals surface area contributed by atoms with Crippen LogP contribution in [0, 0.1) is 6.92 Å². The second kappa shape index (κ2) is 7.87. The van der Waals surface area contributed by atoms with Crippen molar-refractivity contribution in [3.63, 3.8) is 0 Å². The molecule has 0 saturated carbocycles. The van der Waals surface area contributed by atoms with Crippen molar-refractivity contribution in [2.45, 2.75) is 13.5 Å². The van der Waals surface area contributed by atoms with E-state index in [1.54, 1.807) is 42.6 Å². The van der Waals surface area contributed by atoms with E-state index in [0.717, 1.165) is 10.4 Å². The molecule has 128 valence electrons. The van der Waals surface area contributed by atoms with E-state index in [1.165, 1.54) is 11.3 Å². The van der Waals surface area contributed by atoms with Crippen LogP contribution in [0.4, 0.5) is 5.13 Å². The van der Waals surface area contributed by atoms with E-state index < -0.39 is 0 Å². The van der Waals surface area contributed by atoms with E-state index in [-0.39, 0.29) is 12.5 Å². The molecule has 0 atom stereocenters. The topological polar surface area (TPSA) is 51.2 Å². The first-order valence-electron chi connectivity index (χ1n) is 7.42. The fourth-order valence-electron chi connectivity index (χ4n) is 2.15. The summed E-state index contributed by atoms with van der Waals surface area (Å²) in [5.41, 5.74) is 1.22. The molecule has 0 unspecified atom stereocenters. The van der Waals surface area contributed by atoms with Gasteiger partial charge in [0.25, 0.3) is 5.91 Å². The highest BCUT2D eigenvalue weighted by Gasteiger charge is 2.14. The van der Waals surface area contributed by atoms with Gasteiger partial charge in [-0.1, -0.05) is 41.4 Å². The number of benzene rings is 2. The Morgan fingerprint density at radius 3 is 2.76 bits per heavy atom. The molecule has 0 aliphatic rings. The number of anilines is 1. The van der Waals surface area contributed by atoms with Crippen molar-refractivity contribution in [1.82, 2.24) is 4.98 Å². The highest BCUT2D eigenvalue weighted by atomic mass is 35.5. The summed E-state index contributed by atoms with van der Waals surface area (Å²) in [6.45, 7) is 2.16. The fourth-order valence-corrected chi connectivity index (χ4v) is 3.27. The SMILES string of the molecule is Cc1cnc(NC(=O)c2ccccc2OCc2ccc(Cl)cc2Cl)s1. The monoisotopic (exact) mass is 392 g/mol. The van der Waals surface area contributed by atoms with Gasteiger partial charge in [-0.25, -0.2) is 4.98 Å². The molecular weight excluding hydrogens is 379 g/mol. The molecular formula is C18H14Cl2N2O2S. The molecule has 0 saturated heterocycles. The summed E-state index contributed by atoms with van der Waals surface area (Å²) < 4.78 is 5.80. The predicted molar refractivity (Wildman–Crippen MR) is 102 cm³/mol. The van der Waals surface area contributed by atoms with Gasteiger partial charge in [0, 0.05) is 26.7 Å². The van der Waals surface area contributed by atoms with Crippen molar-refractivity contribution < 1.29 is 9.53 Å². The number of hydrogen-bond donors (Lipinski definition) is 1. The number of carbonyl (C=O) groups is 1. The smallest absolute Gasteiger partial charge is 0.261 e. The van der Waals surface area contributed by atoms with Crippen molar-refractivity contribution in [2.75, 3.05) is 5.32 Å². The summed E-state index contributed by atoms with van der Waals surface area (Å²) in [5.74, 6) is 0.200. The average Bonchev–Trinajstić information content (AvgIpc) is 2.99. The quantitative estimate of drug-likeness (QED) is 0.615. The van der Waals surface area contributed by atoms with Crippen LogP contribution >= 0.6 is 34.5 Å². The number of carbonyl (C=O) groups excluding carboxylic acids is 1. The maximum absolute atomic E-state index is 12.5. The Balaban J connectivity index is 1.75. The number of ether oxygens (including phenoxy) is 1. The molecule has 3 aromatic rings. The van der Waals surface area contributed by atoms with Crippen molar-refractivity contribution in [3.05, 3.63) is 74.7 Å². The number of rotatable bonds is 5. The van der Waals surface area contributed by atoms with Gasteiger partial charge in [0.05, 0.1) is 5.56 Å². The summed E-state index contributed by atoms with van der Waals surface area (Å²) in [7, 11) is 0. The molecule has 7 heteroatoms. The zero-order valence-electron chi connectivity index (χ0n) is 13.3. The van der Waals surface area contributed by atoms with Crippen molar-refractivity contribution in [3.8, 4) is 5.75 Å². The number of nitrogens with one attached hydrogen (secondary N) is 1. The zero-order chi connectivity index (χ0) is 17.8. The minimum Gasteiger partial charge on any atom is -0.488 e. The van der Waals surface area contributed by atoms with E-state index in [1.807, 2.05) is 13.0 Å². The second-order valence-corrected chi connectivity index (χ2v) is 7.33. The third kappa shape index (κ3) is 4.51. The van der Waals surface area contributed by atoms with Gasteiger partial charge in [-0.15, -0.1) is 11.3 Å². The van der Waals surface area contributed by atoms with Crippen LogP contribution in [0.2, 0.25) is 10.0 Å². The predicted octanol–water partition coefficient (Wildman–Crippen LogP) is 5.59. The molecule has 0 bridgehead atoms. The largest absolute Gasteiger partial charge is 0.488 e. The van der Waals surface area contributed by atoms with Gasteiger partial charge < -0.3 is 4.74 Å². The number of hydrogen-bond acceptors (Lipinski definition) is 4. The zero-order valence-corrected chi connectivity index (χ0v) is 15.6. The Labute approximate surface area is 159 Å². The molecule has 1 aromatic heterocycles. The van der Waals surface area contributed by atoms with E-state index in [0.29, 0.717) is 26.5 Å². The van der Waals surface area contributed by atoms with Gasteiger partial charge in [0.2, 0.25) is 0 Å². The molecule has 0 radical (unpaired) electrons. The molecule has 2 aromatic carbocycles. The molecule has 25 heavy (non-hydrogen) atoms. The molecule has 4 nitrogen and oxygen atoms in total. The lowest BCUT2D eigenvalue weighted by molar-refractivity contribution is 0.102. The number of halogens is 2. The Hall–Kier alpha value is -2.08. The normalized spacial score (nSPS) is 10.5. The van der Waals surface area contributed by atoms with E-state index in [9.17, 15) is 4.79 Å². The van der Waals surface area contributed by atoms with Crippen molar-refractivity contribution >= 4 is 45.6 Å². The first-order valence-corrected chi connectivity index (χ1v) is 8.99. The highest BCUT2D eigenvalue weighted by molar-refractivity contribution is 7.15. The fraction of sp³-hybridized carbons (Fsp3) is 0.111. The molecule has 0 fully saturated rings. The Bertz CT molecular complexity index is 912. The minimum atomic E-state index is -0.271. The summed E-state index contributed by atoms with van der Waals surface area (Å²) in [6.07, 6.45) is 1.71. The van der Waals surface area contributed by atoms with Crippen molar-refractivity contribution in [1.29, 1.82) is 0 Å². The first-order chi connectivity index (χ1) is 12.0. The van der Waals surface area contributed by atoms with Crippen molar-refractivity contribution in [2.24, 2.45) is 0 Å². The highest BCUT2D eigenvalue weighted by Crippen LogP contribution is 2.25. The number of para-hydroxylation sites is 1. The molecule has 0 aliphatic carbocycles. The summed E-state index contributed by atoms with van der Waals surface area (Å²) in [4.78, 5) is 17.7.